The Bertz CT molecular complexity index is 382. The molecule has 1 aromatic carbocycles. The topological polar surface area (TPSA) is 38.3 Å². The number of hydrogen-bond acceptors (Lipinski definition) is 4. The molecule has 0 spiro atoms. The molecule has 100 valence electrons. The average molecular weight is 267 g/mol. The number of benzene rings is 1. The van der Waals surface area contributed by atoms with Gasteiger partial charge in [0, 0.05) is 11.4 Å². The lowest BCUT2D eigenvalue weighted by atomic mass is 10.2. The number of hydrogen-bond donors (Lipinski definition) is 1. The van der Waals surface area contributed by atoms with Gasteiger partial charge in [-0.25, -0.2) is 0 Å². The van der Waals surface area contributed by atoms with Gasteiger partial charge in [0.1, 0.15) is 5.25 Å². The molecule has 0 radical (unpaired) electrons. The second-order valence-corrected chi connectivity index (χ2v) is 5.22. The molecule has 0 aliphatic heterocycles. The normalized spacial score (nSPS) is 12.2. The quantitative estimate of drug-likeness (QED) is 0.609. The van der Waals surface area contributed by atoms with Crippen molar-refractivity contribution in [3.05, 3.63) is 29.8 Å². The van der Waals surface area contributed by atoms with E-state index in [-0.39, 0.29) is 11.2 Å². The number of nitrogens with one attached hydrogen (secondary N) is 1. The van der Waals surface area contributed by atoms with Crippen molar-refractivity contribution in [2.75, 3.05) is 13.7 Å². The van der Waals surface area contributed by atoms with E-state index in [4.69, 9.17) is 4.74 Å². The van der Waals surface area contributed by atoms with Crippen molar-refractivity contribution in [3.8, 4) is 0 Å². The maximum Gasteiger partial charge on any atom is 0.319 e. The molecule has 0 aliphatic rings. The van der Waals surface area contributed by atoms with E-state index in [1.807, 2.05) is 33.0 Å². The van der Waals surface area contributed by atoms with E-state index in [9.17, 15) is 4.79 Å². The van der Waals surface area contributed by atoms with Crippen LogP contribution in [0.15, 0.2) is 29.2 Å². The maximum atomic E-state index is 11.7. The van der Waals surface area contributed by atoms with Crippen LogP contribution in [0.1, 0.15) is 25.8 Å². The van der Waals surface area contributed by atoms with Gasteiger partial charge in [-0.15, -0.1) is 11.8 Å². The standard InChI is InChI=1S/C14H21NO2S/c1-4-13(14(16)17-5-2)18-12-8-6-7-11(9-12)10-15-3/h6-9,13,15H,4-5,10H2,1-3H3. The van der Waals surface area contributed by atoms with Crippen LogP contribution in [0.25, 0.3) is 0 Å². The number of rotatable bonds is 7. The third-order valence-electron chi connectivity index (χ3n) is 2.48. The highest BCUT2D eigenvalue weighted by atomic mass is 32.2. The Hall–Kier alpha value is -1.00. The summed E-state index contributed by atoms with van der Waals surface area (Å²) in [6.07, 6.45) is 0.778. The van der Waals surface area contributed by atoms with Crippen LogP contribution in [0.5, 0.6) is 0 Å². The van der Waals surface area contributed by atoms with Gasteiger partial charge in [-0.1, -0.05) is 19.1 Å². The monoisotopic (exact) mass is 267 g/mol. The van der Waals surface area contributed by atoms with Gasteiger partial charge in [-0.05, 0) is 38.1 Å². The van der Waals surface area contributed by atoms with Gasteiger partial charge in [-0.2, -0.15) is 0 Å². The fourth-order valence-electron chi connectivity index (χ4n) is 1.63. The van der Waals surface area contributed by atoms with Crippen molar-refractivity contribution in [2.45, 2.75) is 37.0 Å². The molecule has 3 nitrogen and oxygen atoms in total. The summed E-state index contributed by atoms with van der Waals surface area (Å²) in [5.41, 5.74) is 1.22. The second kappa shape index (κ2) is 8.16. The summed E-state index contributed by atoms with van der Waals surface area (Å²) in [4.78, 5) is 12.8. The van der Waals surface area contributed by atoms with Crippen LogP contribution in [0, 0.1) is 0 Å². The molecule has 1 atom stereocenters. The molecule has 0 fully saturated rings. The Morgan fingerprint density at radius 2 is 2.22 bits per heavy atom. The molecule has 1 N–H and O–H groups in total. The summed E-state index contributed by atoms with van der Waals surface area (Å²) in [6.45, 7) is 5.12. The third-order valence-corrected chi connectivity index (χ3v) is 3.81. The molecule has 1 aromatic rings. The summed E-state index contributed by atoms with van der Waals surface area (Å²) < 4.78 is 5.07. The first-order valence-electron chi connectivity index (χ1n) is 6.28. The summed E-state index contributed by atoms with van der Waals surface area (Å²) in [7, 11) is 1.92. The predicted molar refractivity (Wildman–Crippen MR) is 75.8 cm³/mol. The van der Waals surface area contributed by atoms with E-state index >= 15 is 0 Å². The highest BCUT2D eigenvalue weighted by Gasteiger charge is 2.18. The molecule has 0 aliphatic carbocycles. The zero-order valence-electron chi connectivity index (χ0n) is 11.2. The third kappa shape index (κ3) is 4.70. The van der Waals surface area contributed by atoms with Crippen molar-refractivity contribution in [2.24, 2.45) is 0 Å². The van der Waals surface area contributed by atoms with Gasteiger partial charge < -0.3 is 10.1 Å². The van der Waals surface area contributed by atoms with E-state index in [2.05, 4.69) is 17.4 Å². The fraction of sp³-hybridized carbons (Fsp3) is 0.500. The summed E-state index contributed by atoms with van der Waals surface area (Å²) in [5.74, 6) is -0.121. The number of carbonyl (C=O) groups excluding carboxylic acids is 1. The lowest BCUT2D eigenvalue weighted by Crippen LogP contribution is -2.19. The molecular weight excluding hydrogens is 246 g/mol. The first kappa shape index (κ1) is 15.1. The Morgan fingerprint density at radius 3 is 2.83 bits per heavy atom. The molecule has 1 rings (SSSR count). The molecule has 1 unspecified atom stereocenters. The number of carbonyl (C=O) groups is 1. The van der Waals surface area contributed by atoms with E-state index in [1.165, 1.54) is 5.56 Å². The van der Waals surface area contributed by atoms with E-state index in [0.717, 1.165) is 17.9 Å². The smallest absolute Gasteiger partial charge is 0.319 e. The molecule has 18 heavy (non-hydrogen) atoms. The number of ether oxygens (including phenoxy) is 1. The Morgan fingerprint density at radius 1 is 1.44 bits per heavy atom. The zero-order valence-corrected chi connectivity index (χ0v) is 12.0. The fourth-order valence-corrected chi connectivity index (χ4v) is 2.67. The lowest BCUT2D eigenvalue weighted by Gasteiger charge is -2.13. The SMILES string of the molecule is CCOC(=O)C(CC)Sc1cccc(CNC)c1. The molecular formula is C14H21NO2S. The van der Waals surface area contributed by atoms with Crippen LogP contribution in [0.2, 0.25) is 0 Å². The van der Waals surface area contributed by atoms with Crippen LogP contribution < -0.4 is 5.32 Å². The van der Waals surface area contributed by atoms with Crippen molar-refractivity contribution in [1.29, 1.82) is 0 Å². The zero-order chi connectivity index (χ0) is 13.4. The highest BCUT2D eigenvalue weighted by molar-refractivity contribution is 8.00. The predicted octanol–water partition coefficient (Wildman–Crippen LogP) is 2.84. The largest absolute Gasteiger partial charge is 0.465 e. The first-order valence-corrected chi connectivity index (χ1v) is 7.16. The second-order valence-electron chi connectivity index (χ2n) is 3.94. The van der Waals surface area contributed by atoms with Crippen molar-refractivity contribution in [3.63, 3.8) is 0 Å². The van der Waals surface area contributed by atoms with Crippen LogP contribution in [-0.2, 0) is 16.1 Å². The van der Waals surface area contributed by atoms with Gasteiger partial charge in [0.05, 0.1) is 6.61 Å². The summed E-state index contributed by atoms with van der Waals surface area (Å²) >= 11 is 1.57. The van der Waals surface area contributed by atoms with E-state index in [0.29, 0.717) is 6.61 Å². The lowest BCUT2D eigenvalue weighted by molar-refractivity contribution is -0.142. The molecule has 0 aromatic heterocycles. The average Bonchev–Trinajstić information content (AvgIpc) is 2.37. The van der Waals surface area contributed by atoms with Gasteiger partial charge in [0.25, 0.3) is 0 Å². The van der Waals surface area contributed by atoms with Gasteiger partial charge >= 0.3 is 5.97 Å². The van der Waals surface area contributed by atoms with Crippen LogP contribution in [0.4, 0.5) is 0 Å². The van der Waals surface area contributed by atoms with Gasteiger partial charge in [0.2, 0.25) is 0 Å². The molecule has 0 bridgehead atoms. The first-order chi connectivity index (χ1) is 8.71. The Balaban J connectivity index is 2.69. The van der Waals surface area contributed by atoms with Gasteiger partial charge in [-0.3, -0.25) is 4.79 Å². The van der Waals surface area contributed by atoms with Crippen molar-refractivity contribution in [1.82, 2.24) is 5.32 Å². The van der Waals surface area contributed by atoms with Crippen LogP contribution >= 0.6 is 11.8 Å². The minimum Gasteiger partial charge on any atom is -0.465 e. The number of esters is 1. The number of thioether (sulfide) groups is 1. The van der Waals surface area contributed by atoms with E-state index < -0.39 is 0 Å². The maximum absolute atomic E-state index is 11.7. The highest BCUT2D eigenvalue weighted by Crippen LogP contribution is 2.27. The van der Waals surface area contributed by atoms with Gasteiger partial charge in [0.15, 0.2) is 0 Å². The molecule has 0 amide bonds. The van der Waals surface area contributed by atoms with Crippen LogP contribution in [-0.4, -0.2) is 24.9 Å². The molecule has 0 saturated heterocycles. The molecule has 0 saturated carbocycles. The van der Waals surface area contributed by atoms with Crippen LogP contribution in [0.3, 0.4) is 0 Å². The summed E-state index contributed by atoms with van der Waals surface area (Å²) in [6, 6.07) is 8.24. The van der Waals surface area contributed by atoms with Crippen molar-refractivity contribution >= 4 is 17.7 Å². The molecule has 0 heterocycles. The Labute approximate surface area is 113 Å². The molecule has 4 heteroatoms. The minimum absolute atomic E-state index is 0.116. The van der Waals surface area contributed by atoms with E-state index in [1.54, 1.807) is 11.8 Å². The minimum atomic E-state index is -0.121. The Kier molecular flexibility index (Phi) is 6.83. The summed E-state index contributed by atoms with van der Waals surface area (Å²) in [5, 5.41) is 3.00. The van der Waals surface area contributed by atoms with Crippen molar-refractivity contribution < 1.29 is 9.53 Å².